The van der Waals surface area contributed by atoms with Gasteiger partial charge in [0.2, 0.25) is 0 Å². The number of rotatable bonds is 11. The van der Waals surface area contributed by atoms with E-state index in [1.54, 1.807) is 30.5 Å². The summed E-state index contributed by atoms with van der Waals surface area (Å²) in [5.74, 6) is -1.12. The number of halogens is 3. The van der Waals surface area contributed by atoms with Crippen molar-refractivity contribution < 1.29 is 32.3 Å². The third kappa shape index (κ3) is 7.81. The molecular formula is C35H29F3N2O4. The Hall–Kier alpha value is -5.15. The van der Waals surface area contributed by atoms with Crippen molar-refractivity contribution in [3.05, 3.63) is 144 Å². The number of carboxylic acids is 1. The predicted octanol–water partition coefficient (Wildman–Crippen LogP) is 7.52. The Morgan fingerprint density at radius 2 is 1.30 bits per heavy atom. The van der Waals surface area contributed by atoms with Crippen LogP contribution in [0.2, 0.25) is 0 Å². The van der Waals surface area contributed by atoms with Gasteiger partial charge < -0.3 is 14.8 Å². The number of carbonyl (C=O) groups excluding carboxylic acids is 1. The number of nitrogens with one attached hydrogen (secondary N) is 1. The van der Waals surface area contributed by atoms with Crippen molar-refractivity contribution in [3.8, 4) is 22.3 Å². The highest BCUT2D eigenvalue weighted by Crippen LogP contribution is 2.31. The summed E-state index contributed by atoms with van der Waals surface area (Å²) in [6.07, 6.45) is -2.88. The average Bonchev–Trinajstić information content (AvgIpc) is 3.54. The van der Waals surface area contributed by atoms with Crippen molar-refractivity contribution in [1.82, 2.24) is 10.2 Å². The Kier molecular flexibility index (Phi) is 9.26. The molecule has 5 aromatic rings. The maximum Gasteiger partial charge on any atom is 0.416 e. The van der Waals surface area contributed by atoms with Crippen LogP contribution in [0.4, 0.5) is 13.2 Å². The fraction of sp³-hybridized carbons (Fsp3) is 0.143. The third-order valence-corrected chi connectivity index (χ3v) is 7.16. The molecule has 1 aromatic heterocycles. The molecule has 1 atom stereocenters. The number of carbonyl (C=O) groups is 2. The summed E-state index contributed by atoms with van der Waals surface area (Å²) >= 11 is 0. The molecule has 5 rings (SSSR count). The first-order valence-corrected chi connectivity index (χ1v) is 13.9. The normalized spacial score (nSPS) is 12.2. The van der Waals surface area contributed by atoms with E-state index in [4.69, 9.17) is 4.42 Å². The fourth-order valence-electron chi connectivity index (χ4n) is 4.85. The Morgan fingerprint density at radius 3 is 1.84 bits per heavy atom. The van der Waals surface area contributed by atoms with Gasteiger partial charge in [-0.3, -0.25) is 9.69 Å². The smallest absolute Gasteiger partial charge is 0.416 e. The molecule has 4 aromatic carbocycles. The molecule has 1 unspecified atom stereocenters. The van der Waals surface area contributed by atoms with Crippen LogP contribution in [0.1, 0.15) is 27.2 Å². The number of alkyl halides is 3. The van der Waals surface area contributed by atoms with Crippen molar-refractivity contribution in [1.29, 1.82) is 0 Å². The maximum absolute atomic E-state index is 13.1. The minimum atomic E-state index is -4.43. The van der Waals surface area contributed by atoms with Crippen LogP contribution in [0.25, 0.3) is 22.3 Å². The van der Waals surface area contributed by atoms with Crippen molar-refractivity contribution in [2.24, 2.45) is 0 Å². The molecule has 0 spiro atoms. The lowest BCUT2D eigenvalue weighted by Crippen LogP contribution is -2.48. The molecule has 6 nitrogen and oxygen atoms in total. The summed E-state index contributed by atoms with van der Waals surface area (Å²) in [6.45, 7) is 0.748. The lowest BCUT2D eigenvalue weighted by atomic mass is 10.0. The zero-order valence-electron chi connectivity index (χ0n) is 23.5. The Bertz CT molecular complexity index is 1670. The quantitative estimate of drug-likeness (QED) is 0.164. The van der Waals surface area contributed by atoms with E-state index in [1.165, 1.54) is 24.3 Å². The van der Waals surface area contributed by atoms with E-state index < -0.39 is 29.7 Å². The molecule has 2 N–H and O–H groups in total. The molecule has 0 saturated heterocycles. The number of nitrogens with zero attached hydrogens (tertiary/aromatic N) is 1. The van der Waals surface area contributed by atoms with E-state index in [9.17, 15) is 27.9 Å². The molecule has 224 valence electrons. The summed E-state index contributed by atoms with van der Waals surface area (Å²) < 4.78 is 44.2. The molecule has 0 aliphatic carbocycles. The van der Waals surface area contributed by atoms with Crippen LogP contribution in [0.15, 0.2) is 126 Å². The average molecular weight is 599 g/mol. The van der Waals surface area contributed by atoms with Gasteiger partial charge in [0, 0.05) is 18.7 Å². The van der Waals surface area contributed by atoms with Crippen molar-refractivity contribution >= 4 is 11.9 Å². The molecule has 44 heavy (non-hydrogen) atoms. The molecule has 0 saturated carbocycles. The first-order chi connectivity index (χ1) is 21.2. The van der Waals surface area contributed by atoms with Gasteiger partial charge in [-0.25, -0.2) is 4.79 Å². The maximum atomic E-state index is 13.1. The highest BCUT2D eigenvalue weighted by Gasteiger charge is 2.30. The molecule has 1 heterocycles. The Labute approximate surface area is 252 Å². The van der Waals surface area contributed by atoms with E-state index in [0.29, 0.717) is 30.0 Å². The number of aliphatic carboxylic acids is 1. The molecule has 0 radical (unpaired) electrons. The monoisotopic (exact) mass is 598 g/mol. The van der Waals surface area contributed by atoms with Gasteiger partial charge in [-0.15, -0.1) is 0 Å². The molecule has 0 aliphatic rings. The molecule has 0 fully saturated rings. The lowest BCUT2D eigenvalue weighted by Gasteiger charge is -2.25. The van der Waals surface area contributed by atoms with E-state index >= 15 is 0 Å². The first-order valence-electron chi connectivity index (χ1n) is 13.9. The van der Waals surface area contributed by atoms with Gasteiger partial charge in [-0.2, -0.15) is 13.2 Å². The van der Waals surface area contributed by atoms with Crippen LogP contribution in [-0.4, -0.2) is 34.5 Å². The fourth-order valence-corrected chi connectivity index (χ4v) is 4.85. The number of hydrogen-bond acceptors (Lipinski definition) is 4. The topological polar surface area (TPSA) is 82.8 Å². The largest absolute Gasteiger partial charge is 0.480 e. The zero-order valence-corrected chi connectivity index (χ0v) is 23.5. The first kappa shape index (κ1) is 30.3. The van der Waals surface area contributed by atoms with Crippen LogP contribution in [0.3, 0.4) is 0 Å². The number of carboxylic acid groups (broad SMARTS) is 1. The van der Waals surface area contributed by atoms with Crippen LogP contribution in [0, 0.1) is 0 Å². The van der Waals surface area contributed by atoms with Gasteiger partial charge in [-0.1, -0.05) is 78.9 Å². The number of benzene rings is 4. The van der Waals surface area contributed by atoms with E-state index in [-0.39, 0.29) is 12.1 Å². The summed E-state index contributed by atoms with van der Waals surface area (Å²) in [5.41, 5.74) is 3.76. The van der Waals surface area contributed by atoms with E-state index in [0.717, 1.165) is 28.8 Å². The highest BCUT2D eigenvalue weighted by molar-refractivity contribution is 5.97. The second kappa shape index (κ2) is 13.4. The lowest BCUT2D eigenvalue weighted by molar-refractivity contribution is -0.140. The van der Waals surface area contributed by atoms with Gasteiger partial charge in [0.15, 0.2) is 0 Å². The molecule has 0 aliphatic heterocycles. The van der Waals surface area contributed by atoms with Crippen molar-refractivity contribution in [2.45, 2.75) is 25.3 Å². The van der Waals surface area contributed by atoms with Crippen LogP contribution in [0.5, 0.6) is 0 Å². The summed E-state index contributed by atoms with van der Waals surface area (Å²) in [4.78, 5) is 27.2. The standard InChI is InChI=1S/C35H29F3N2O4/c36-35(37,38)30-18-16-28(17-19-30)27-12-14-29(15-13-27)33(41)39-32(34(42)43)23-40(22-31-7-4-20-44-31)21-24-8-10-26(11-9-24)25-5-2-1-3-6-25/h1-20,32H,21-23H2,(H,39,41)(H,42,43). The van der Waals surface area contributed by atoms with Crippen LogP contribution < -0.4 is 5.32 Å². The predicted molar refractivity (Wildman–Crippen MR) is 160 cm³/mol. The molecule has 1 amide bonds. The highest BCUT2D eigenvalue weighted by atomic mass is 19.4. The SMILES string of the molecule is O=C(NC(CN(Cc1ccc(-c2ccccc2)cc1)Cc1ccco1)C(=O)O)c1ccc(-c2ccc(C(F)(F)F)cc2)cc1. The summed E-state index contributed by atoms with van der Waals surface area (Å²) in [6, 6.07) is 31.3. The molecule has 9 heteroatoms. The number of amides is 1. The Morgan fingerprint density at radius 1 is 0.727 bits per heavy atom. The van der Waals surface area contributed by atoms with Gasteiger partial charge in [0.1, 0.15) is 11.8 Å². The number of hydrogen-bond donors (Lipinski definition) is 2. The zero-order chi connectivity index (χ0) is 31.1. The van der Waals surface area contributed by atoms with Crippen LogP contribution in [-0.2, 0) is 24.1 Å². The number of furan rings is 1. The minimum absolute atomic E-state index is 0.00580. The Balaban J connectivity index is 1.27. The van der Waals surface area contributed by atoms with E-state index in [2.05, 4.69) is 5.32 Å². The van der Waals surface area contributed by atoms with Crippen LogP contribution >= 0.6 is 0 Å². The second-order valence-corrected chi connectivity index (χ2v) is 10.3. The van der Waals surface area contributed by atoms with Crippen molar-refractivity contribution in [2.75, 3.05) is 6.54 Å². The minimum Gasteiger partial charge on any atom is -0.480 e. The van der Waals surface area contributed by atoms with Gasteiger partial charge >= 0.3 is 12.1 Å². The van der Waals surface area contributed by atoms with Crippen molar-refractivity contribution in [3.63, 3.8) is 0 Å². The van der Waals surface area contributed by atoms with Gasteiger partial charge in [0.05, 0.1) is 18.4 Å². The van der Waals surface area contributed by atoms with E-state index in [1.807, 2.05) is 59.5 Å². The molecular weight excluding hydrogens is 569 g/mol. The summed E-state index contributed by atoms with van der Waals surface area (Å²) in [7, 11) is 0. The molecule has 0 bridgehead atoms. The van der Waals surface area contributed by atoms with Gasteiger partial charge in [-0.05, 0) is 64.2 Å². The summed E-state index contributed by atoms with van der Waals surface area (Å²) in [5, 5.41) is 12.6. The van der Waals surface area contributed by atoms with Gasteiger partial charge in [0.25, 0.3) is 5.91 Å². The third-order valence-electron chi connectivity index (χ3n) is 7.16. The second-order valence-electron chi connectivity index (χ2n) is 10.3.